The Bertz CT molecular complexity index is 868. The Morgan fingerprint density at radius 1 is 1.20 bits per heavy atom. The van der Waals surface area contributed by atoms with Crippen LogP contribution < -0.4 is 20.5 Å². The predicted octanol–water partition coefficient (Wildman–Crippen LogP) is 0.869. The second kappa shape index (κ2) is 13.9. The summed E-state index contributed by atoms with van der Waals surface area (Å²) in [5.41, 5.74) is 5.57. The van der Waals surface area contributed by atoms with Crippen LogP contribution in [0, 0.1) is 0 Å². The first kappa shape index (κ1) is 28.5. The van der Waals surface area contributed by atoms with Crippen LogP contribution in [0.3, 0.4) is 0 Å². The molecule has 10 nitrogen and oxygen atoms in total. The number of benzene rings is 1. The van der Waals surface area contributed by atoms with Crippen LogP contribution in [0.15, 0.2) is 18.2 Å². The summed E-state index contributed by atoms with van der Waals surface area (Å²) in [6, 6.07) is 4.80. The van der Waals surface area contributed by atoms with Crippen molar-refractivity contribution in [2.24, 2.45) is 5.73 Å². The van der Waals surface area contributed by atoms with Gasteiger partial charge in [0.1, 0.15) is 0 Å². The third-order valence-corrected chi connectivity index (χ3v) is 5.95. The van der Waals surface area contributed by atoms with Crippen molar-refractivity contribution in [3.05, 3.63) is 23.8 Å². The van der Waals surface area contributed by atoms with Gasteiger partial charge in [-0.1, -0.05) is 0 Å². The average molecular weight is 488 g/mol. The van der Waals surface area contributed by atoms with Gasteiger partial charge in [0.15, 0.2) is 19.5 Å². The highest BCUT2D eigenvalue weighted by Gasteiger charge is 2.34. The van der Waals surface area contributed by atoms with Crippen LogP contribution in [0.25, 0.3) is 0 Å². The van der Waals surface area contributed by atoms with E-state index in [0.29, 0.717) is 56.1 Å². The third kappa shape index (κ3) is 8.43. The molecule has 11 heteroatoms. The number of nitrogens with one attached hydrogen (secondary N) is 1. The van der Waals surface area contributed by atoms with Crippen LogP contribution in [-0.4, -0.2) is 94.1 Å². The molecule has 35 heavy (non-hydrogen) atoms. The van der Waals surface area contributed by atoms with E-state index in [-0.39, 0.29) is 42.9 Å². The molecule has 0 saturated carbocycles. The molecule has 1 saturated heterocycles. The van der Waals surface area contributed by atoms with E-state index in [0.717, 1.165) is 0 Å². The zero-order valence-corrected chi connectivity index (χ0v) is 21.1. The number of piperidine rings is 1. The minimum absolute atomic E-state index is 0.0653. The summed E-state index contributed by atoms with van der Waals surface area (Å²) in [5, 5.41) is 2.49. The van der Waals surface area contributed by atoms with Crippen molar-refractivity contribution < 1.29 is 28.6 Å². The number of carbonyl (C=O) groups excluding carboxylic acids is 3. The Balaban J connectivity index is 2.09. The van der Waals surface area contributed by atoms with Gasteiger partial charge in [0.25, 0.3) is 5.91 Å². The highest BCUT2D eigenvalue weighted by Crippen LogP contribution is 2.30. The summed E-state index contributed by atoms with van der Waals surface area (Å²) in [6.45, 7) is 5.17. The van der Waals surface area contributed by atoms with Gasteiger partial charge in [-0.15, -0.1) is 0 Å². The van der Waals surface area contributed by atoms with Crippen molar-refractivity contribution >= 4 is 25.7 Å². The van der Waals surface area contributed by atoms with Gasteiger partial charge < -0.3 is 35.0 Å². The van der Waals surface area contributed by atoms with E-state index in [9.17, 15) is 14.4 Å². The van der Waals surface area contributed by atoms with E-state index in [2.05, 4.69) is 5.32 Å². The first-order valence-electron chi connectivity index (χ1n) is 11.9. The molecular weight excluding hydrogens is 451 g/mol. The molecule has 0 bridgehead atoms. The maximum atomic E-state index is 13.6. The zero-order chi connectivity index (χ0) is 26.0. The number of ether oxygens (including phenoxy) is 3. The minimum Gasteiger partial charge on any atom is -0.493 e. The van der Waals surface area contributed by atoms with Crippen molar-refractivity contribution in [3.63, 3.8) is 0 Å². The lowest BCUT2D eigenvalue weighted by molar-refractivity contribution is -0.125. The molecule has 1 aliphatic rings. The zero-order valence-electron chi connectivity index (χ0n) is 21.1. The fourth-order valence-electron chi connectivity index (χ4n) is 4.23. The van der Waals surface area contributed by atoms with Crippen LogP contribution in [0.1, 0.15) is 49.9 Å². The maximum absolute atomic E-state index is 13.6. The Labute approximate surface area is 208 Å². The summed E-state index contributed by atoms with van der Waals surface area (Å²) < 4.78 is 16.3. The highest BCUT2D eigenvalue weighted by atomic mass is 16.5. The summed E-state index contributed by atoms with van der Waals surface area (Å²) in [6.07, 6.45) is 2.21. The van der Waals surface area contributed by atoms with Crippen LogP contribution in [0.2, 0.25) is 0 Å². The van der Waals surface area contributed by atoms with E-state index in [4.69, 9.17) is 27.9 Å². The third-order valence-electron chi connectivity index (χ3n) is 5.95. The molecule has 0 aliphatic carbocycles. The molecule has 1 aromatic rings. The molecule has 1 heterocycles. The average Bonchev–Trinajstić information content (AvgIpc) is 2.82. The smallest absolute Gasteiger partial charge is 0.254 e. The lowest BCUT2D eigenvalue weighted by atomic mass is 9.91. The molecule has 3 amide bonds. The topological polar surface area (TPSA) is 123 Å². The molecule has 0 aromatic heterocycles. The Hall–Kier alpha value is -2.79. The summed E-state index contributed by atoms with van der Waals surface area (Å²) in [7, 11) is 9.46. The first-order chi connectivity index (χ1) is 16.7. The number of primary amides is 1. The van der Waals surface area contributed by atoms with Gasteiger partial charge in [0.2, 0.25) is 11.8 Å². The number of hydrogen-bond donors (Lipinski definition) is 2. The first-order valence-corrected chi connectivity index (χ1v) is 11.9. The van der Waals surface area contributed by atoms with Crippen molar-refractivity contribution in [1.29, 1.82) is 0 Å². The molecule has 192 valence electrons. The highest BCUT2D eigenvalue weighted by molar-refractivity contribution is 6.05. The van der Waals surface area contributed by atoms with Crippen molar-refractivity contribution in [3.8, 4) is 11.5 Å². The SMILES string of the molecule is [B]N1CC(N(C(=O)c2ccc(OC)c(OCCCOC)c2)C(C)C)CC[C@H]1CC(=O)NCC(N)=O. The molecule has 2 atom stereocenters. The normalized spacial score (nSPS) is 18.2. The standard InChI is InChI=1S/C24H37BN4O6/c1-16(2)29(19-8-7-18(28(25)15-19)13-23(31)27-14-22(26)30)24(32)17-6-9-20(34-4)21(12-17)35-11-5-10-33-3/h6,9,12,16,18-19H,5,7-8,10-11,13-15H2,1-4H3,(H2,26,30)(H,27,31)/t18-,19?/m0/s1. The molecule has 1 fully saturated rings. The monoisotopic (exact) mass is 488 g/mol. The van der Waals surface area contributed by atoms with Crippen molar-refractivity contribution in [2.75, 3.05) is 40.5 Å². The quantitative estimate of drug-likeness (QED) is 0.312. The van der Waals surface area contributed by atoms with Gasteiger partial charge in [-0.05, 0) is 44.9 Å². The van der Waals surface area contributed by atoms with E-state index in [1.54, 1.807) is 37.2 Å². The molecule has 3 N–H and O–H groups in total. The van der Waals surface area contributed by atoms with Gasteiger partial charge in [-0.3, -0.25) is 14.4 Å². The number of nitrogens with zero attached hydrogens (tertiary/aromatic N) is 2. The summed E-state index contributed by atoms with van der Waals surface area (Å²) in [5.74, 6) is 0.0543. The van der Waals surface area contributed by atoms with Crippen LogP contribution in [-0.2, 0) is 14.3 Å². The van der Waals surface area contributed by atoms with Gasteiger partial charge in [0.05, 0.1) is 20.3 Å². The summed E-state index contributed by atoms with van der Waals surface area (Å²) >= 11 is 0. The largest absolute Gasteiger partial charge is 0.493 e. The Morgan fingerprint density at radius 2 is 1.94 bits per heavy atom. The second-order valence-corrected chi connectivity index (χ2v) is 8.90. The van der Waals surface area contributed by atoms with E-state index in [1.165, 1.54) is 0 Å². The summed E-state index contributed by atoms with van der Waals surface area (Å²) in [4.78, 5) is 40.0. The number of nitrogens with two attached hydrogens (primary N) is 1. The molecule has 0 spiro atoms. The van der Waals surface area contributed by atoms with Crippen molar-refractivity contribution in [1.82, 2.24) is 15.0 Å². The van der Waals surface area contributed by atoms with Crippen LogP contribution in [0.4, 0.5) is 0 Å². The predicted molar refractivity (Wildman–Crippen MR) is 132 cm³/mol. The molecule has 1 aromatic carbocycles. The Kier molecular flexibility index (Phi) is 11.3. The van der Waals surface area contributed by atoms with E-state index >= 15 is 0 Å². The number of hydrogen-bond acceptors (Lipinski definition) is 7. The Morgan fingerprint density at radius 3 is 2.54 bits per heavy atom. The molecular formula is C24H37BN4O6. The number of methoxy groups -OCH3 is 2. The van der Waals surface area contributed by atoms with Gasteiger partial charge in [-0.2, -0.15) is 0 Å². The van der Waals surface area contributed by atoms with Gasteiger partial charge >= 0.3 is 0 Å². The van der Waals surface area contributed by atoms with Gasteiger partial charge in [0, 0.05) is 56.8 Å². The second-order valence-electron chi connectivity index (χ2n) is 8.90. The van der Waals surface area contributed by atoms with Gasteiger partial charge in [-0.25, -0.2) is 0 Å². The van der Waals surface area contributed by atoms with E-state index in [1.807, 2.05) is 18.7 Å². The lowest BCUT2D eigenvalue weighted by Gasteiger charge is -2.44. The van der Waals surface area contributed by atoms with E-state index < -0.39 is 5.91 Å². The van der Waals surface area contributed by atoms with Crippen LogP contribution in [0.5, 0.6) is 11.5 Å². The number of rotatable bonds is 13. The molecule has 2 rings (SSSR count). The molecule has 2 radical (unpaired) electrons. The number of carbonyl (C=O) groups is 3. The minimum atomic E-state index is -0.597. The fraction of sp³-hybridized carbons (Fsp3) is 0.625. The number of amides is 3. The fourth-order valence-corrected chi connectivity index (χ4v) is 4.23. The molecule has 1 unspecified atom stereocenters. The maximum Gasteiger partial charge on any atom is 0.254 e. The van der Waals surface area contributed by atoms with Crippen molar-refractivity contribution in [2.45, 2.75) is 57.7 Å². The lowest BCUT2D eigenvalue weighted by Crippen LogP contribution is -2.55. The molecule has 1 aliphatic heterocycles. The van der Waals surface area contributed by atoms with Crippen LogP contribution >= 0.6 is 0 Å².